The van der Waals surface area contributed by atoms with Crippen LogP contribution in [0.1, 0.15) is 23.1 Å². The van der Waals surface area contributed by atoms with Crippen LogP contribution in [0.25, 0.3) is 0 Å². The van der Waals surface area contributed by atoms with Gasteiger partial charge in [-0.25, -0.2) is 0 Å². The third-order valence-corrected chi connectivity index (χ3v) is 3.46. The number of rotatable bonds is 5. The van der Waals surface area contributed by atoms with E-state index in [4.69, 9.17) is 5.26 Å². The number of hydrogen-bond acceptors (Lipinski definition) is 3. The molecule has 0 aromatic heterocycles. The molecule has 0 radical (unpaired) electrons. The Balaban J connectivity index is 1.82. The monoisotopic (exact) mass is 293 g/mol. The van der Waals surface area contributed by atoms with Gasteiger partial charge in [-0.1, -0.05) is 12.1 Å². The van der Waals surface area contributed by atoms with E-state index in [9.17, 15) is 4.79 Å². The maximum Gasteiger partial charge on any atom is 0.226 e. The van der Waals surface area contributed by atoms with Crippen LogP contribution in [0, 0.1) is 25.2 Å². The molecule has 0 heterocycles. The van der Waals surface area contributed by atoms with Crippen LogP contribution >= 0.6 is 0 Å². The summed E-state index contributed by atoms with van der Waals surface area (Å²) in [6, 6.07) is 15.1. The molecule has 0 spiro atoms. The number of anilines is 2. The standard InChI is InChI=1S/C18H19N3O/c1-13-6-7-16(10-14(13)2)20-9-8-18(22)21-17-5-3-4-15(11-17)12-19/h3-7,10-11,20H,8-9H2,1-2H3,(H,21,22). The van der Waals surface area contributed by atoms with Crippen molar-refractivity contribution in [2.45, 2.75) is 20.3 Å². The first-order valence-corrected chi connectivity index (χ1v) is 7.19. The van der Waals surface area contributed by atoms with Crippen molar-refractivity contribution in [3.8, 4) is 6.07 Å². The zero-order valence-electron chi connectivity index (χ0n) is 12.8. The van der Waals surface area contributed by atoms with E-state index in [0.29, 0.717) is 24.2 Å². The summed E-state index contributed by atoms with van der Waals surface area (Å²) >= 11 is 0. The van der Waals surface area contributed by atoms with Crippen LogP contribution in [0.5, 0.6) is 0 Å². The Morgan fingerprint density at radius 1 is 1.09 bits per heavy atom. The fraction of sp³-hybridized carbons (Fsp3) is 0.222. The average Bonchev–Trinajstić information content (AvgIpc) is 2.51. The quantitative estimate of drug-likeness (QED) is 0.885. The third-order valence-electron chi connectivity index (χ3n) is 3.46. The molecule has 4 nitrogen and oxygen atoms in total. The lowest BCUT2D eigenvalue weighted by Crippen LogP contribution is -2.16. The molecule has 112 valence electrons. The first-order valence-electron chi connectivity index (χ1n) is 7.19. The zero-order valence-corrected chi connectivity index (χ0v) is 12.8. The van der Waals surface area contributed by atoms with Crippen LogP contribution in [0.2, 0.25) is 0 Å². The average molecular weight is 293 g/mol. The fourth-order valence-corrected chi connectivity index (χ4v) is 2.06. The molecule has 4 heteroatoms. The van der Waals surface area contributed by atoms with Gasteiger partial charge in [-0.3, -0.25) is 4.79 Å². The molecule has 2 aromatic rings. The van der Waals surface area contributed by atoms with Gasteiger partial charge in [0.2, 0.25) is 5.91 Å². The number of amides is 1. The van der Waals surface area contributed by atoms with Crippen LogP contribution in [0.15, 0.2) is 42.5 Å². The van der Waals surface area contributed by atoms with E-state index >= 15 is 0 Å². The molecule has 2 N–H and O–H groups in total. The predicted octanol–water partition coefficient (Wildman–Crippen LogP) is 3.62. The van der Waals surface area contributed by atoms with Crippen molar-refractivity contribution in [1.29, 1.82) is 5.26 Å². The van der Waals surface area contributed by atoms with Crippen molar-refractivity contribution in [1.82, 2.24) is 0 Å². The van der Waals surface area contributed by atoms with Crippen molar-refractivity contribution in [3.05, 3.63) is 59.2 Å². The van der Waals surface area contributed by atoms with E-state index in [1.54, 1.807) is 24.3 Å². The van der Waals surface area contributed by atoms with Crippen molar-refractivity contribution in [3.63, 3.8) is 0 Å². The third kappa shape index (κ3) is 4.35. The van der Waals surface area contributed by atoms with E-state index in [2.05, 4.69) is 42.7 Å². The molecular weight excluding hydrogens is 274 g/mol. The van der Waals surface area contributed by atoms with Crippen molar-refractivity contribution in [2.24, 2.45) is 0 Å². The van der Waals surface area contributed by atoms with Crippen LogP contribution < -0.4 is 10.6 Å². The van der Waals surface area contributed by atoms with Gasteiger partial charge in [0.25, 0.3) is 0 Å². The minimum atomic E-state index is -0.0774. The molecule has 0 saturated heterocycles. The first-order chi connectivity index (χ1) is 10.6. The van der Waals surface area contributed by atoms with Crippen LogP contribution in [-0.4, -0.2) is 12.5 Å². The maximum atomic E-state index is 11.9. The van der Waals surface area contributed by atoms with E-state index in [1.165, 1.54) is 11.1 Å². The molecule has 0 aliphatic heterocycles. The molecule has 22 heavy (non-hydrogen) atoms. The Kier molecular flexibility index (Phi) is 5.16. The Labute approximate surface area is 130 Å². The Morgan fingerprint density at radius 2 is 1.91 bits per heavy atom. The second-order valence-corrected chi connectivity index (χ2v) is 5.22. The first kappa shape index (κ1) is 15.6. The van der Waals surface area contributed by atoms with Gasteiger partial charge in [0.1, 0.15) is 0 Å². The van der Waals surface area contributed by atoms with Gasteiger partial charge >= 0.3 is 0 Å². The second kappa shape index (κ2) is 7.28. The summed E-state index contributed by atoms with van der Waals surface area (Å²) in [6.45, 7) is 4.70. The Bertz CT molecular complexity index is 717. The molecule has 2 rings (SSSR count). The largest absolute Gasteiger partial charge is 0.385 e. The summed E-state index contributed by atoms with van der Waals surface area (Å²) in [6.07, 6.45) is 0.365. The molecule has 0 unspecified atom stereocenters. The molecule has 0 saturated carbocycles. The highest BCUT2D eigenvalue weighted by Gasteiger charge is 2.03. The summed E-state index contributed by atoms with van der Waals surface area (Å²) in [7, 11) is 0. The summed E-state index contributed by atoms with van der Waals surface area (Å²) in [5.41, 5.74) is 4.67. The smallest absolute Gasteiger partial charge is 0.226 e. The molecule has 0 aliphatic rings. The highest BCUT2D eigenvalue weighted by molar-refractivity contribution is 5.91. The van der Waals surface area contributed by atoms with Crippen LogP contribution in [0.3, 0.4) is 0 Å². The van der Waals surface area contributed by atoms with Gasteiger partial charge in [-0.2, -0.15) is 5.26 Å². The Hall–Kier alpha value is -2.80. The van der Waals surface area contributed by atoms with Gasteiger partial charge in [0, 0.05) is 24.3 Å². The number of nitrogens with one attached hydrogen (secondary N) is 2. The minimum absolute atomic E-state index is 0.0774. The lowest BCUT2D eigenvalue weighted by Gasteiger charge is -2.09. The zero-order chi connectivity index (χ0) is 15.9. The predicted molar refractivity (Wildman–Crippen MR) is 88.8 cm³/mol. The van der Waals surface area contributed by atoms with E-state index < -0.39 is 0 Å². The summed E-state index contributed by atoms with van der Waals surface area (Å²) < 4.78 is 0. The van der Waals surface area contributed by atoms with E-state index in [1.807, 2.05) is 6.07 Å². The minimum Gasteiger partial charge on any atom is -0.385 e. The normalized spacial score (nSPS) is 9.86. The molecule has 0 bridgehead atoms. The topological polar surface area (TPSA) is 64.9 Å². The van der Waals surface area contributed by atoms with Crippen molar-refractivity contribution in [2.75, 3.05) is 17.2 Å². The number of aryl methyl sites for hydroxylation is 2. The highest BCUT2D eigenvalue weighted by Crippen LogP contribution is 2.14. The number of hydrogen-bond donors (Lipinski definition) is 2. The Morgan fingerprint density at radius 3 is 2.64 bits per heavy atom. The number of nitrogens with zero attached hydrogens (tertiary/aromatic N) is 1. The maximum absolute atomic E-state index is 11.9. The molecule has 2 aromatic carbocycles. The lowest BCUT2D eigenvalue weighted by atomic mass is 10.1. The second-order valence-electron chi connectivity index (χ2n) is 5.22. The number of benzene rings is 2. The number of carbonyl (C=O) groups is 1. The molecular formula is C18H19N3O. The van der Waals surface area contributed by atoms with Crippen LogP contribution in [0.4, 0.5) is 11.4 Å². The lowest BCUT2D eigenvalue weighted by molar-refractivity contribution is -0.115. The molecule has 0 aliphatic carbocycles. The SMILES string of the molecule is Cc1ccc(NCCC(=O)Nc2cccc(C#N)c2)cc1C. The molecule has 1 amide bonds. The van der Waals surface area contributed by atoms with Crippen molar-refractivity contribution >= 4 is 17.3 Å². The summed E-state index contributed by atoms with van der Waals surface area (Å²) in [4.78, 5) is 11.9. The van der Waals surface area contributed by atoms with Gasteiger partial charge in [-0.15, -0.1) is 0 Å². The highest BCUT2D eigenvalue weighted by atomic mass is 16.1. The number of carbonyl (C=O) groups excluding carboxylic acids is 1. The van der Waals surface area contributed by atoms with Crippen LogP contribution in [-0.2, 0) is 4.79 Å². The van der Waals surface area contributed by atoms with Crippen molar-refractivity contribution < 1.29 is 4.79 Å². The van der Waals surface area contributed by atoms with Gasteiger partial charge in [0.05, 0.1) is 11.6 Å². The van der Waals surface area contributed by atoms with Gasteiger partial charge in [0.15, 0.2) is 0 Å². The van der Waals surface area contributed by atoms with Gasteiger partial charge < -0.3 is 10.6 Å². The van der Waals surface area contributed by atoms with E-state index in [0.717, 1.165) is 5.69 Å². The summed E-state index contributed by atoms with van der Waals surface area (Å²) in [5, 5.41) is 14.9. The summed E-state index contributed by atoms with van der Waals surface area (Å²) in [5.74, 6) is -0.0774. The number of nitriles is 1. The molecule has 0 atom stereocenters. The van der Waals surface area contributed by atoms with E-state index in [-0.39, 0.29) is 5.91 Å². The van der Waals surface area contributed by atoms with Gasteiger partial charge in [-0.05, 0) is 55.3 Å². The molecule has 0 fully saturated rings. The fourth-order valence-electron chi connectivity index (χ4n) is 2.06.